The van der Waals surface area contributed by atoms with Crippen LogP contribution in [0.15, 0.2) is 30.3 Å². The van der Waals surface area contributed by atoms with Crippen LogP contribution in [0.1, 0.15) is 17.5 Å². The smallest absolute Gasteiger partial charge is 0.151 e. The zero-order valence-corrected chi connectivity index (χ0v) is 11.3. The summed E-state index contributed by atoms with van der Waals surface area (Å²) in [5, 5.41) is 0. The van der Waals surface area contributed by atoms with Gasteiger partial charge in [-0.15, -0.1) is 0 Å². The third-order valence-electron chi connectivity index (χ3n) is 3.72. The molecule has 2 N–H and O–H groups in total. The number of aryl methyl sites for hydroxylation is 2. The summed E-state index contributed by atoms with van der Waals surface area (Å²) in [6.45, 7) is 2.75. The standard InChI is InChI=1S/C16H16F2N2/c1-10-4-5-14-11(7-10)3-2-6-20(14)15-9-12(17)8-13(18)16(15)19/h4-5,7-9H,2-3,6,19H2,1H3. The topological polar surface area (TPSA) is 29.3 Å². The van der Waals surface area contributed by atoms with E-state index in [2.05, 4.69) is 6.07 Å². The largest absolute Gasteiger partial charge is 0.395 e. The van der Waals surface area contributed by atoms with E-state index in [1.54, 1.807) is 0 Å². The number of nitrogens with two attached hydrogens (primary N) is 1. The maximum atomic E-state index is 13.6. The molecule has 4 heteroatoms. The third kappa shape index (κ3) is 2.11. The van der Waals surface area contributed by atoms with Gasteiger partial charge in [-0.3, -0.25) is 0 Å². The molecule has 1 heterocycles. The molecule has 2 aromatic rings. The van der Waals surface area contributed by atoms with E-state index in [1.165, 1.54) is 17.2 Å². The number of fused-ring (bicyclic) bond motifs is 1. The SMILES string of the molecule is Cc1ccc2c(c1)CCCN2c1cc(F)cc(F)c1N. The molecule has 104 valence electrons. The van der Waals surface area contributed by atoms with Crippen LogP contribution in [0.5, 0.6) is 0 Å². The molecule has 3 rings (SSSR count). The fourth-order valence-electron chi connectivity index (χ4n) is 2.77. The highest BCUT2D eigenvalue weighted by Crippen LogP contribution is 2.38. The van der Waals surface area contributed by atoms with Crippen molar-refractivity contribution < 1.29 is 8.78 Å². The molecule has 0 saturated heterocycles. The first-order chi connectivity index (χ1) is 9.56. The molecule has 20 heavy (non-hydrogen) atoms. The lowest BCUT2D eigenvalue weighted by Crippen LogP contribution is -2.25. The Labute approximate surface area is 116 Å². The maximum Gasteiger partial charge on any atom is 0.151 e. The number of benzene rings is 2. The lowest BCUT2D eigenvalue weighted by Gasteiger charge is -2.32. The number of rotatable bonds is 1. The van der Waals surface area contributed by atoms with Gasteiger partial charge in [0.05, 0.1) is 11.4 Å². The molecule has 0 aromatic heterocycles. The zero-order valence-electron chi connectivity index (χ0n) is 11.3. The average Bonchev–Trinajstić information content (AvgIpc) is 2.42. The van der Waals surface area contributed by atoms with Gasteiger partial charge in [0.2, 0.25) is 0 Å². The highest BCUT2D eigenvalue weighted by Gasteiger charge is 2.22. The number of hydrogen-bond acceptors (Lipinski definition) is 2. The Bertz CT molecular complexity index is 668. The Hall–Kier alpha value is -2.10. The Kier molecular flexibility index (Phi) is 3.08. The van der Waals surface area contributed by atoms with E-state index < -0.39 is 11.6 Å². The van der Waals surface area contributed by atoms with Gasteiger partial charge in [0.15, 0.2) is 5.82 Å². The van der Waals surface area contributed by atoms with Crippen molar-refractivity contribution in [2.24, 2.45) is 0 Å². The second-order valence-corrected chi connectivity index (χ2v) is 5.21. The number of halogens is 2. The van der Waals surface area contributed by atoms with E-state index in [4.69, 9.17) is 5.73 Å². The van der Waals surface area contributed by atoms with Crippen LogP contribution in [0.3, 0.4) is 0 Å². The number of nitrogen functional groups attached to an aromatic ring is 1. The van der Waals surface area contributed by atoms with Gasteiger partial charge in [-0.2, -0.15) is 0 Å². The summed E-state index contributed by atoms with van der Waals surface area (Å²) in [7, 11) is 0. The van der Waals surface area contributed by atoms with Crippen molar-refractivity contribution in [1.82, 2.24) is 0 Å². The molecule has 0 radical (unpaired) electrons. The zero-order chi connectivity index (χ0) is 14.3. The van der Waals surface area contributed by atoms with Gasteiger partial charge in [-0.25, -0.2) is 8.78 Å². The van der Waals surface area contributed by atoms with Gasteiger partial charge in [-0.1, -0.05) is 17.7 Å². The van der Waals surface area contributed by atoms with Gasteiger partial charge in [-0.05, 0) is 37.5 Å². The van der Waals surface area contributed by atoms with E-state index in [1.807, 2.05) is 24.0 Å². The summed E-state index contributed by atoms with van der Waals surface area (Å²) >= 11 is 0. The van der Waals surface area contributed by atoms with Crippen molar-refractivity contribution in [3.05, 3.63) is 53.1 Å². The Morgan fingerprint density at radius 1 is 1.10 bits per heavy atom. The monoisotopic (exact) mass is 274 g/mol. The van der Waals surface area contributed by atoms with Gasteiger partial charge in [0.25, 0.3) is 0 Å². The van der Waals surface area contributed by atoms with Crippen molar-refractivity contribution in [2.75, 3.05) is 17.2 Å². The highest BCUT2D eigenvalue weighted by molar-refractivity contribution is 5.77. The fraction of sp³-hybridized carbons (Fsp3) is 0.250. The lowest BCUT2D eigenvalue weighted by molar-refractivity contribution is 0.585. The van der Waals surface area contributed by atoms with Crippen molar-refractivity contribution in [3.63, 3.8) is 0 Å². The highest BCUT2D eigenvalue weighted by atomic mass is 19.1. The Balaban J connectivity index is 2.14. The molecule has 0 spiro atoms. The first kappa shape index (κ1) is 12.9. The lowest BCUT2D eigenvalue weighted by atomic mass is 9.98. The van der Waals surface area contributed by atoms with Crippen LogP contribution in [-0.2, 0) is 6.42 Å². The van der Waals surface area contributed by atoms with Crippen LogP contribution < -0.4 is 10.6 Å². The number of hydrogen-bond donors (Lipinski definition) is 1. The third-order valence-corrected chi connectivity index (χ3v) is 3.72. The van der Waals surface area contributed by atoms with Gasteiger partial charge in [0.1, 0.15) is 5.82 Å². The first-order valence-corrected chi connectivity index (χ1v) is 6.68. The van der Waals surface area contributed by atoms with Crippen LogP contribution in [0.25, 0.3) is 0 Å². The van der Waals surface area contributed by atoms with E-state index in [-0.39, 0.29) is 5.69 Å². The minimum Gasteiger partial charge on any atom is -0.395 e. The Morgan fingerprint density at radius 2 is 1.90 bits per heavy atom. The van der Waals surface area contributed by atoms with E-state index in [9.17, 15) is 8.78 Å². The number of anilines is 3. The van der Waals surface area contributed by atoms with E-state index >= 15 is 0 Å². The van der Waals surface area contributed by atoms with Crippen molar-refractivity contribution >= 4 is 17.1 Å². The molecular weight excluding hydrogens is 258 g/mol. The quantitative estimate of drug-likeness (QED) is 0.798. The summed E-state index contributed by atoms with van der Waals surface area (Å²) in [5.41, 5.74) is 9.56. The van der Waals surface area contributed by atoms with Crippen LogP contribution in [0.2, 0.25) is 0 Å². The molecular formula is C16H16F2N2. The molecule has 0 aliphatic carbocycles. The molecule has 0 amide bonds. The summed E-state index contributed by atoms with van der Waals surface area (Å²) in [5.74, 6) is -1.31. The van der Waals surface area contributed by atoms with Crippen LogP contribution >= 0.6 is 0 Å². The molecule has 1 aliphatic heterocycles. The van der Waals surface area contributed by atoms with Crippen LogP contribution in [-0.4, -0.2) is 6.54 Å². The summed E-state index contributed by atoms with van der Waals surface area (Å²) in [6, 6.07) is 8.23. The van der Waals surface area contributed by atoms with Gasteiger partial charge >= 0.3 is 0 Å². The second kappa shape index (κ2) is 4.78. The molecule has 0 bridgehead atoms. The predicted molar refractivity (Wildman–Crippen MR) is 77.3 cm³/mol. The normalized spacial score (nSPS) is 14.2. The summed E-state index contributed by atoms with van der Waals surface area (Å²) < 4.78 is 27.1. The maximum absolute atomic E-state index is 13.6. The first-order valence-electron chi connectivity index (χ1n) is 6.68. The van der Waals surface area contributed by atoms with Crippen LogP contribution in [0.4, 0.5) is 25.8 Å². The molecule has 0 unspecified atom stereocenters. The van der Waals surface area contributed by atoms with E-state index in [0.717, 1.165) is 24.6 Å². The summed E-state index contributed by atoms with van der Waals surface area (Å²) in [6.07, 6.45) is 1.92. The average molecular weight is 274 g/mol. The molecule has 2 aromatic carbocycles. The van der Waals surface area contributed by atoms with Gasteiger partial charge < -0.3 is 10.6 Å². The minimum atomic E-state index is -0.709. The predicted octanol–water partition coefficient (Wildman–Crippen LogP) is 3.94. The van der Waals surface area contributed by atoms with Crippen molar-refractivity contribution in [1.29, 1.82) is 0 Å². The van der Waals surface area contributed by atoms with Crippen molar-refractivity contribution in [2.45, 2.75) is 19.8 Å². The molecule has 0 fully saturated rings. The van der Waals surface area contributed by atoms with Crippen LogP contribution in [0, 0.1) is 18.6 Å². The second-order valence-electron chi connectivity index (χ2n) is 5.21. The molecule has 2 nitrogen and oxygen atoms in total. The number of nitrogens with zero attached hydrogens (tertiary/aromatic N) is 1. The fourth-order valence-corrected chi connectivity index (χ4v) is 2.77. The molecule has 1 aliphatic rings. The van der Waals surface area contributed by atoms with E-state index in [0.29, 0.717) is 12.2 Å². The van der Waals surface area contributed by atoms with Gasteiger partial charge in [0, 0.05) is 18.3 Å². The molecule has 0 saturated carbocycles. The molecule has 0 atom stereocenters. The minimum absolute atomic E-state index is 0.000162. The van der Waals surface area contributed by atoms with Crippen molar-refractivity contribution in [3.8, 4) is 0 Å². The Morgan fingerprint density at radius 3 is 2.70 bits per heavy atom. The summed E-state index contributed by atoms with van der Waals surface area (Å²) in [4.78, 5) is 1.90.